The molecule has 0 aliphatic carbocycles. The number of aromatic nitrogens is 1. The number of hydrogen-bond donors (Lipinski definition) is 1. The highest BCUT2D eigenvalue weighted by molar-refractivity contribution is 6.14. The van der Waals surface area contributed by atoms with Crippen molar-refractivity contribution in [1.82, 2.24) is 9.40 Å². The topological polar surface area (TPSA) is 28.3 Å². The number of H-pyrrole nitrogens is 1. The SMILES string of the molecule is COc1ccc(C2c3[nH]c4cc(C(F)(F)F)ccc4c3CCN2Cl)cc1. The zero-order valence-corrected chi connectivity index (χ0v) is 14.7. The van der Waals surface area contributed by atoms with Gasteiger partial charge in [0.05, 0.1) is 18.7 Å². The summed E-state index contributed by atoms with van der Waals surface area (Å²) < 4.78 is 45.9. The van der Waals surface area contributed by atoms with E-state index >= 15 is 0 Å². The van der Waals surface area contributed by atoms with Crippen molar-refractivity contribution in [3.8, 4) is 5.75 Å². The molecule has 1 aliphatic rings. The molecule has 0 bridgehead atoms. The van der Waals surface area contributed by atoms with E-state index in [1.807, 2.05) is 24.3 Å². The van der Waals surface area contributed by atoms with Gasteiger partial charge in [0, 0.05) is 23.1 Å². The molecule has 0 radical (unpaired) electrons. The van der Waals surface area contributed by atoms with Gasteiger partial charge in [-0.1, -0.05) is 18.2 Å². The van der Waals surface area contributed by atoms with Crippen LogP contribution in [0.1, 0.15) is 28.4 Å². The van der Waals surface area contributed by atoms with Crippen molar-refractivity contribution in [1.29, 1.82) is 0 Å². The first-order valence-electron chi connectivity index (χ1n) is 8.16. The Bertz CT molecular complexity index is 950. The third-order valence-corrected chi connectivity index (χ3v) is 5.19. The molecule has 2 aromatic carbocycles. The van der Waals surface area contributed by atoms with E-state index in [2.05, 4.69) is 4.98 Å². The van der Waals surface area contributed by atoms with Gasteiger partial charge in [0.1, 0.15) is 5.75 Å². The summed E-state index contributed by atoms with van der Waals surface area (Å²) in [6, 6.07) is 11.1. The van der Waals surface area contributed by atoms with Crippen LogP contribution in [0, 0.1) is 0 Å². The van der Waals surface area contributed by atoms with Gasteiger partial charge in [-0.15, -0.1) is 0 Å². The molecule has 1 N–H and O–H groups in total. The maximum Gasteiger partial charge on any atom is 0.416 e. The van der Waals surface area contributed by atoms with Crippen LogP contribution in [0.25, 0.3) is 10.9 Å². The van der Waals surface area contributed by atoms with Gasteiger partial charge in [-0.3, -0.25) is 0 Å². The van der Waals surface area contributed by atoms with Crippen molar-refractivity contribution in [2.24, 2.45) is 0 Å². The summed E-state index contributed by atoms with van der Waals surface area (Å²) in [4.78, 5) is 3.18. The van der Waals surface area contributed by atoms with Gasteiger partial charge in [-0.05, 0) is 53.6 Å². The quantitative estimate of drug-likeness (QED) is 0.611. The lowest BCUT2D eigenvalue weighted by molar-refractivity contribution is -0.137. The maximum atomic E-state index is 13.0. The van der Waals surface area contributed by atoms with Crippen molar-refractivity contribution in [2.45, 2.75) is 18.6 Å². The Morgan fingerprint density at radius 2 is 1.88 bits per heavy atom. The Morgan fingerprint density at radius 1 is 1.15 bits per heavy atom. The Labute approximate surface area is 153 Å². The molecule has 0 fully saturated rings. The molecular formula is C19H16ClF3N2O. The molecule has 3 nitrogen and oxygen atoms in total. The highest BCUT2D eigenvalue weighted by Crippen LogP contribution is 2.41. The Kier molecular flexibility index (Phi) is 4.12. The van der Waals surface area contributed by atoms with E-state index in [0.29, 0.717) is 18.5 Å². The van der Waals surface area contributed by atoms with Gasteiger partial charge in [-0.2, -0.15) is 13.2 Å². The molecule has 0 saturated carbocycles. The number of nitrogens with zero attached hydrogens (tertiary/aromatic N) is 1. The van der Waals surface area contributed by atoms with E-state index in [9.17, 15) is 13.2 Å². The average Bonchev–Trinajstić information content (AvgIpc) is 2.98. The van der Waals surface area contributed by atoms with Crippen LogP contribution in [-0.2, 0) is 12.6 Å². The third kappa shape index (κ3) is 2.83. The van der Waals surface area contributed by atoms with Crippen LogP contribution in [0.4, 0.5) is 13.2 Å². The zero-order chi connectivity index (χ0) is 18.5. The van der Waals surface area contributed by atoms with Crippen LogP contribution >= 0.6 is 11.8 Å². The fourth-order valence-corrected chi connectivity index (χ4v) is 3.85. The largest absolute Gasteiger partial charge is 0.497 e. The van der Waals surface area contributed by atoms with Crippen LogP contribution in [0.5, 0.6) is 5.75 Å². The molecule has 0 saturated heterocycles. The lowest BCUT2D eigenvalue weighted by Gasteiger charge is -2.30. The molecule has 0 spiro atoms. The summed E-state index contributed by atoms with van der Waals surface area (Å²) in [7, 11) is 1.59. The number of rotatable bonds is 2. The zero-order valence-electron chi connectivity index (χ0n) is 13.9. The monoisotopic (exact) mass is 380 g/mol. The van der Waals surface area contributed by atoms with Crippen molar-refractivity contribution < 1.29 is 17.9 Å². The van der Waals surface area contributed by atoms with E-state index < -0.39 is 11.7 Å². The molecule has 1 atom stereocenters. The first-order chi connectivity index (χ1) is 12.4. The molecule has 1 unspecified atom stereocenters. The second kappa shape index (κ2) is 6.21. The molecule has 0 amide bonds. The smallest absolute Gasteiger partial charge is 0.416 e. The van der Waals surface area contributed by atoms with E-state index in [4.69, 9.17) is 16.5 Å². The summed E-state index contributed by atoms with van der Waals surface area (Å²) in [5.74, 6) is 0.734. The minimum atomic E-state index is -4.37. The molecule has 26 heavy (non-hydrogen) atoms. The van der Waals surface area contributed by atoms with Crippen LogP contribution < -0.4 is 4.74 Å². The number of nitrogens with one attached hydrogen (secondary N) is 1. The molecule has 4 rings (SSSR count). The van der Waals surface area contributed by atoms with Gasteiger partial charge in [0.2, 0.25) is 0 Å². The Hall–Kier alpha value is -2.18. The van der Waals surface area contributed by atoms with Crippen LogP contribution in [0.3, 0.4) is 0 Å². The fraction of sp³-hybridized carbons (Fsp3) is 0.263. The van der Waals surface area contributed by atoms with Crippen molar-refractivity contribution in [3.63, 3.8) is 0 Å². The van der Waals surface area contributed by atoms with Crippen molar-refractivity contribution in [2.75, 3.05) is 13.7 Å². The molecule has 136 valence electrons. The van der Waals surface area contributed by atoms with Gasteiger partial charge in [0.15, 0.2) is 0 Å². The van der Waals surface area contributed by atoms with E-state index in [0.717, 1.165) is 40.1 Å². The summed E-state index contributed by atoms with van der Waals surface area (Å²) in [6.45, 7) is 0.610. The molecule has 1 aromatic heterocycles. The average molecular weight is 381 g/mol. The number of methoxy groups -OCH3 is 1. The fourth-order valence-electron chi connectivity index (χ4n) is 3.56. The van der Waals surface area contributed by atoms with E-state index in [1.165, 1.54) is 0 Å². The maximum absolute atomic E-state index is 13.0. The van der Waals surface area contributed by atoms with Gasteiger partial charge in [-0.25, -0.2) is 4.42 Å². The molecule has 3 aromatic rings. The third-order valence-electron chi connectivity index (χ3n) is 4.83. The second-order valence-electron chi connectivity index (χ2n) is 6.32. The molecule has 2 heterocycles. The molecule has 7 heteroatoms. The number of ether oxygens (including phenoxy) is 1. The van der Waals surface area contributed by atoms with Crippen LogP contribution in [0.2, 0.25) is 0 Å². The highest BCUT2D eigenvalue weighted by atomic mass is 35.5. The Morgan fingerprint density at radius 3 is 2.54 bits per heavy atom. The summed E-state index contributed by atoms with van der Waals surface area (Å²) in [6.07, 6.45) is -3.69. The van der Waals surface area contributed by atoms with Gasteiger partial charge >= 0.3 is 6.18 Å². The van der Waals surface area contributed by atoms with E-state index in [-0.39, 0.29) is 6.04 Å². The number of fused-ring (bicyclic) bond motifs is 3. The minimum Gasteiger partial charge on any atom is -0.497 e. The minimum absolute atomic E-state index is 0.256. The first kappa shape index (κ1) is 17.2. The van der Waals surface area contributed by atoms with Crippen molar-refractivity contribution >= 4 is 22.7 Å². The van der Waals surface area contributed by atoms with E-state index in [1.54, 1.807) is 17.6 Å². The van der Waals surface area contributed by atoms with Gasteiger partial charge < -0.3 is 9.72 Å². The van der Waals surface area contributed by atoms with Crippen LogP contribution in [0.15, 0.2) is 42.5 Å². The lowest BCUT2D eigenvalue weighted by atomic mass is 9.94. The number of benzene rings is 2. The predicted octanol–water partition coefficient (Wildman–Crippen LogP) is 5.30. The standard InChI is InChI=1S/C19H16ClF3N2O/c1-26-13-5-2-11(3-6-13)18-17-15(8-9-25(18)20)14-7-4-12(19(21,22)23)10-16(14)24-17/h2-7,10,18,24H,8-9H2,1H3. The lowest BCUT2D eigenvalue weighted by Crippen LogP contribution is -2.28. The first-order valence-corrected chi connectivity index (χ1v) is 8.50. The number of aromatic amines is 1. The summed E-state index contributed by atoms with van der Waals surface area (Å²) in [5.41, 5.74) is 2.63. The molecular weight excluding hydrogens is 365 g/mol. The normalized spacial score (nSPS) is 18.1. The predicted molar refractivity (Wildman–Crippen MR) is 94.4 cm³/mol. The van der Waals surface area contributed by atoms with Crippen LogP contribution in [-0.4, -0.2) is 23.1 Å². The summed E-state index contributed by atoms with van der Waals surface area (Å²) in [5, 5.41) is 0.816. The molecule has 1 aliphatic heterocycles. The number of alkyl halides is 3. The van der Waals surface area contributed by atoms with Gasteiger partial charge in [0.25, 0.3) is 0 Å². The summed E-state index contributed by atoms with van der Waals surface area (Å²) >= 11 is 6.45. The number of hydrogen-bond acceptors (Lipinski definition) is 2. The second-order valence-corrected chi connectivity index (χ2v) is 6.76. The Balaban J connectivity index is 1.84. The van der Waals surface area contributed by atoms with Crippen molar-refractivity contribution in [3.05, 3.63) is 64.8 Å². The highest BCUT2D eigenvalue weighted by Gasteiger charge is 2.33. The number of halogens is 4.